The van der Waals surface area contributed by atoms with Gasteiger partial charge >= 0.3 is 0 Å². The molecule has 5 heteroatoms. The second-order valence-electron chi connectivity index (χ2n) is 7.56. The average Bonchev–Trinajstić information content (AvgIpc) is 2.75. The molecule has 0 unspecified atom stereocenters. The molecule has 0 bridgehead atoms. The highest BCUT2D eigenvalue weighted by atomic mass is 19.1. The van der Waals surface area contributed by atoms with Crippen LogP contribution in [-0.2, 0) is 12.8 Å². The van der Waals surface area contributed by atoms with Crippen LogP contribution in [0.1, 0.15) is 60.1 Å². The Balaban J connectivity index is 1.88. The van der Waals surface area contributed by atoms with E-state index >= 15 is 0 Å². The van der Waals surface area contributed by atoms with Crippen LogP contribution in [0, 0.1) is 52.8 Å². The molecule has 33 heavy (non-hydrogen) atoms. The Bertz CT molecular complexity index is 1250. The number of rotatable bonds is 4. The highest BCUT2D eigenvalue weighted by Gasteiger charge is 2.11. The summed E-state index contributed by atoms with van der Waals surface area (Å²) in [5, 5.41) is 0. The van der Waals surface area contributed by atoms with Gasteiger partial charge in [0.15, 0.2) is 0 Å². The highest BCUT2D eigenvalue weighted by Crippen LogP contribution is 2.18. The molecule has 0 heterocycles. The van der Waals surface area contributed by atoms with Crippen molar-refractivity contribution in [2.24, 2.45) is 0 Å². The van der Waals surface area contributed by atoms with E-state index in [1.165, 1.54) is 18.2 Å². The van der Waals surface area contributed by atoms with Crippen molar-refractivity contribution in [1.29, 1.82) is 0 Å². The van der Waals surface area contributed by atoms with Crippen molar-refractivity contribution in [2.75, 3.05) is 0 Å². The zero-order valence-electron chi connectivity index (χ0n) is 18.3. The third-order valence-electron chi connectivity index (χ3n) is 4.92. The van der Waals surface area contributed by atoms with Crippen LogP contribution in [-0.4, -0.2) is 0 Å². The molecule has 0 amide bonds. The minimum Gasteiger partial charge on any atom is -0.207 e. The van der Waals surface area contributed by atoms with Crippen molar-refractivity contribution in [3.8, 4) is 23.7 Å². The summed E-state index contributed by atoms with van der Waals surface area (Å²) in [5.74, 6) is 5.61. The molecule has 3 aromatic rings. The molecule has 3 rings (SSSR count). The van der Waals surface area contributed by atoms with Gasteiger partial charge in [-0.25, -0.2) is 22.0 Å². The molecular weight excluding hydrogens is 431 g/mol. The van der Waals surface area contributed by atoms with Gasteiger partial charge in [-0.1, -0.05) is 56.4 Å². The number of halogens is 5. The largest absolute Gasteiger partial charge is 0.207 e. The second kappa shape index (κ2) is 10.8. The lowest BCUT2D eigenvalue weighted by Crippen LogP contribution is -1.95. The first-order chi connectivity index (χ1) is 15.8. The van der Waals surface area contributed by atoms with Gasteiger partial charge in [0.2, 0.25) is 0 Å². The normalized spacial score (nSPS) is 10.3. The fraction of sp³-hybridized carbons (Fsp3) is 0.214. The van der Waals surface area contributed by atoms with Crippen LogP contribution in [0.5, 0.6) is 0 Å². The first-order valence-electron chi connectivity index (χ1n) is 10.6. The highest BCUT2D eigenvalue weighted by molar-refractivity contribution is 5.50. The van der Waals surface area contributed by atoms with Crippen molar-refractivity contribution >= 4 is 0 Å². The predicted octanol–water partition coefficient (Wildman–Crippen LogP) is 7.09. The summed E-state index contributed by atoms with van der Waals surface area (Å²) >= 11 is 0. The number of benzene rings is 3. The van der Waals surface area contributed by atoms with Crippen molar-refractivity contribution in [3.63, 3.8) is 0 Å². The SMILES string of the molecule is CCCc1cc(F)c(C#Cc2cc(F)c(C#Cc3ccc(CCC)c(F)c3)c(F)c2)c(F)c1. The molecule has 0 nitrogen and oxygen atoms in total. The van der Waals surface area contributed by atoms with E-state index in [0.717, 1.165) is 25.0 Å². The van der Waals surface area contributed by atoms with Gasteiger partial charge < -0.3 is 0 Å². The van der Waals surface area contributed by atoms with Crippen LogP contribution >= 0.6 is 0 Å². The zero-order chi connectivity index (χ0) is 24.0. The minimum absolute atomic E-state index is 0.0954. The van der Waals surface area contributed by atoms with E-state index in [1.807, 2.05) is 13.8 Å². The van der Waals surface area contributed by atoms with E-state index in [4.69, 9.17) is 0 Å². The van der Waals surface area contributed by atoms with Crippen LogP contribution in [0.15, 0.2) is 42.5 Å². The molecule has 0 atom stereocenters. The Morgan fingerprint density at radius 1 is 0.545 bits per heavy atom. The number of hydrogen-bond donors (Lipinski definition) is 0. The van der Waals surface area contributed by atoms with Crippen LogP contribution in [0.2, 0.25) is 0 Å². The third kappa shape index (κ3) is 6.02. The third-order valence-corrected chi connectivity index (χ3v) is 4.92. The quantitative estimate of drug-likeness (QED) is 0.293. The molecule has 0 radical (unpaired) electrons. The molecular formula is C28H21F5. The molecule has 0 aliphatic carbocycles. The smallest absolute Gasteiger partial charge is 0.143 e. The van der Waals surface area contributed by atoms with Crippen molar-refractivity contribution in [3.05, 3.63) is 105 Å². The summed E-state index contributed by atoms with van der Waals surface area (Å²) in [6, 6.07) is 8.69. The lowest BCUT2D eigenvalue weighted by molar-refractivity contribution is 0.573. The topological polar surface area (TPSA) is 0 Å². The van der Waals surface area contributed by atoms with Gasteiger partial charge in [-0.05, 0) is 60.4 Å². The number of aryl methyl sites for hydroxylation is 2. The predicted molar refractivity (Wildman–Crippen MR) is 119 cm³/mol. The summed E-state index contributed by atoms with van der Waals surface area (Å²) in [4.78, 5) is 0. The van der Waals surface area contributed by atoms with E-state index in [0.29, 0.717) is 24.0 Å². The Kier molecular flexibility index (Phi) is 7.91. The van der Waals surface area contributed by atoms with Crippen LogP contribution in [0.4, 0.5) is 22.0 Å². The molecule has 0 spiro atoms. The van der Waals surface area contributed by atoms with Gasteiger partial charge in [-0.15, -0.1) is 0 Å². The summed E-state index contributed by atoms with van der Waals surface area (Å²) in [5.41, 5.74) is 0.288. The van der Waals surface area contributed by atoms with E-state index in [9.17, 15) is 22.0 Å². The lowest BCUT2D eigenvalue weighted by atomic mass is 10.1. The summed E-state index contributed by atoms with van der Waals surface area (Å²) in [6.45, 7) is 3.82. The summed E-state index contributed by atoms with van der Waals surface area (Å²) in [7, 11) is 0. The maximum atomic E-state index is 14.4. The fourth-order valence-corrected chi connectivity index (χ4v) is 3.31. The molecule has 0 fully saturated rings. The first kappa shape index (κ1) is 24.1. The summed E-state index contributed by atoms with van der Waals surface area (Å²) < 4.78 is 71.3. The molecule has 168 valence electrons. The van der Waals surface area contributed by atoms with Gasteiger partial charge in [0.25, 0.3) is 0 Å². The summed E-state index contributed by atoms with van der Waals surface area (Å²) in [6.07, 6.45) is 2.63. The minimum atomic E-state index is -0.978. The first-order valence-corrected chi connectivity index (χ1v) is 10.6. The Morgan fingerprint density at radius 2 is 1.03 bits per heavy atom. The van der Waals surface area contributed by atoms with Crippen LogP contribution in [0.25, 0.3) is 0 Å². The van der Waals surface area contributed by atoms with Gasteiger partial charge in [0.1, 0.15) is 29.1 Å². The Morgan fingerprint density at radius 3 is 1.55 bits per heavy atom. The Labute approximate surface area is 190 Å². The van der Waals surface area contributed by atoms with E-state index in [-0.39, 0.29) is 11.1 Å². The lowest BCUT2D eigenvalue weighted by Gasteiger charge is -2.03. The molecule has 0 aliphatic heterocycles. The maximum Gasteiger partial charge on any atom is 0.143 e. The standard InChI is InChI=1S/C28H21F5/c1-3-5-19-14-25(30)23(26(31)15-19)12-9-20-16-27(32)22(28(33)17-20)11-8-18-7-10-21(6-4-2)24(29)13-18/h7,10,13-17H,3-6H2,1-2H3. The molecule has 0 saturated carbocycles. The van der Waals surface area contributed by atoms with Crippen LogP contribution in [0.3, 0.4) is 0 Å². The molecule has 0 saturated heterocycles. The number of hydrogen-bond acceptors (Lipinski definition) is 0. The van der Waals surface area contributed by atoms with Gasteiger partial charge in [0.05, 0.1) is 11.1 Å². The monoisotopic (exact) mass is 452 g/mol. The van der Waals surface area contributed by atoms with Gasteiger partial charge in [-0.3, -0.25) is 0 Å². The van der Waals surface area contributed by atoms with E-state index < -0.39 is 40.2 Å². The molecule has 0 N–H and O–H groups in total. The average molecular weight is 452 g/mol. The molecule has 0 aromatic heterocycles. The second-order valence-corrected chi connectivity index (χ2v) is 7.56. The van der Waals surface area contributed by atoms with Crippen LogP contribution < -0.4 is 0 Å². The zero-order valence-corrected chi connectivity index (χ0v) is 18.3. The molecule has 3 aromatic carbocycles. The van der Waals surface area contributed by atoms with Crippen molar-refractivity contribution < 1.29 is 22.0 Å². The molecule has 0 aliphatic rings. The maximum absolute atomic E-state index is 14.4. The van der Waals surface area contributed by atoms with E-state index in [2.05, 4.69) is 23.7 Å². The van der Waals surface area contributed by atoms with Crippen molar-refractivity contribution in [1.82, 2.24) is 0 Å². The fourth-order valence-electron chi connectivity index (χ4n) is 3.31. The van der Waals surface area contributed by atoms with Gasteiger partial charge in [-0.2, -0.15) is 0 Å². The van der Waals surface area contributed by atoms with E-state index in [1.54, 1.807) is 12.1 Å². The van der Waals surface area contributed by atoms with Crippen molar-refractivity contribution in [2.45, 2.75) is 39.5 Å². The Hall–Kier alpha value is -3.57. The van der Waals surface area contributed by atoms with Gasteiger partial charge in [0, 0.05) is 11.1 Å².